The Labute approximate surface area is 125 Å². The molecule has 8 heteroatoms. The van der Waals surface area contributed by atoms with Crippen LogP contribution in [0.2, 0.25) is 5.15 Å². The summed E-state index contributed by atoms with van der Waals surface area (Å²) in [6, 6.07) is 0. The number of hydrogen-bond donors (Lipinski definition) is 1. The number of likely N-dealkylation sites (tertiary alicyclic amines) is 1. The second-order valence-electron chi connectivity index (χ2n) is 5.11. The number of rotatable bonds is 6. The molecule has 1 aliphatic heterocycles. The van der Waals surface area contributed by atoms with Gasteiger partial charge in [0.1, 0.15) is 5.15 Å². The van der Waals surface area contributed by atoms with Gasteiger partial charge in [0.2, 0.25) is 5.03 Å². The Bertz CT molecular complexity index is 538. The van der Waals surface area contributed by atoms with Gasteiger partial charge in [-0.3, -0.25) is 0 Å². The summed E-state index contributed by atoms with van der Waals surface area (Å²) < 4.78 is 28.1. The number of piperidine rings is 1. The molecule has 1 aliphatic rings. The fourth-order valence-electron chi connectivity index (χ4n) is 2.33. The molecule has 1 fully saturated rings. The van der Waals surface area contributed by atoms with Gasteiger partial charge in [0, 0.05) is 13.6 Å². The highest BCUT2D eigenvalue weighted by Gasteiger charge is 2.21. The molecule has 1 N–H and O–H groups in total. The number of aromatic nitrogens is 2. The molecule has 0 amide bonds. The van der Waals surface area contributed by atoms with Gasteiger partial charge < -0.3 is 9.47 Å². The van der Waals surface area contributed by atoms with Crippen molar-refractivity contribution in [1.29, 1.82) is 0 Å². The first-order valence-electron chi connectivity index (χ1n) is 6.89. The van der Waals surface area contributed by atoms with E-state index in [4.69, 9.17) is 11.6 Å². The van der Waals surface area contributed by atoms with E-state index in [9.17, 15) is 8.42 Å². The van der Waals surface area contributed by atoms with E-state index >= 15 is 0 Å². The van der Waals surface area contributed by atoms with E-state index in [0.29, 0.717) is 6.54 Å². The minimum absolute atomic E-state index is 0.0976. The number of halogens is 1. The van der Waals surface area contributed by atoms with Crippen molar-refractivity contribution in [3.8, 4) is 0 Å². The number of sulfonamides is 1. The van der Waals surface area contributed by atoms with Crippen LogP contribution in [0, 0.1) is 0 Å². The lowest BCUT2D eigenvalue weighted by Crippen LogP contribution is -2.33. The van der Waals surface area contributed by atoms with Crippen LogP contribution in [0.4, 0.5) is 0 Å². The van der Waals surface area contributed by atoms with Crippen molar-refractivity contribution in [2.75, 3.05) is 26.2 Å². The third-order valence-corrected chi connectivity index (χ3v) is 5.43. The highest BCUT2D eigenvalue weighted by atomic mass is 35.5. The molecule has 1 saturated heterocycles. The van der Waals surface area contributed by atoms with Crippen molar-refractivity contribution in [2.45, 2.75) is 30.7 Å². The molecule has 0 aromatic carbocycles. The van der Waals surface area contributed by atoms with Gasteiger partial charge in [-0.25, -0.2) is 18.1 Å². The maximum atomic E-state index is 12.0. The van der Waals surface area contributed by atoms with E-state index in [1.165, 1.54) is 30.2 Å². The predicted molar refractivity (Wildman–Crippen MR) is 78.3 cm³/mol. The first-order chi connectivity index (χ1) is 9.50. The van der Waals surface area contributed by atoms with Gasteiger partial charge >= 0.3 is 0 Å². The molecule has 0 saturated carbocycles. The van der Waals surface area contributed by atoms with E-state index in [-0.39, 0.29) is 10.2 Å². The minimum atomic E-state index is -3.61. The fraction of sp³-hybridized carbons (Fsp3) is 0.750. The van der Waals surface area contributed by atoms with Gasteiger partial charge in [-0.05, 0) is 38.9 Å². The number of aryl methyl sites for hydroxylation is 1. The first-order valence-corrected chi connectivity index (χ1v) is 8.75. The quantitative estimate of drug-likeness (QED) is 0.801. The molecule has 20 heavy (non-hydrogen) atoms. The van der Waals surface area contributed by atoms with Gasteiger partial charge in [-0.15, -0.1) is 0 Å². The molecule has 2 rings (SSSR count). The van der Waals surface area contributed by atoms with Crippen molar-refractivity contribution in [3.05, 3.63) is 11.5 Å². The van der Waals surface area contributed by atoms with E-state index in [1.807, 2.05) is 0 Å². The number of nitrogens with zero attached hydrogens (tertiary/aromatic N) is 3. The lowest BCUT2D eigenvalue weighted by atomic mass is 10.1. The normalized spacial score (nSPS) is 17.5. The number of imidazole rings is 1. The molecular weight excluding hydrogens is 300 g/mol. The standard InChI is InChI=1S/C12H21ClN4O2S/c1-16-10-14-12(11(16)13)20(18,19)15-6-5-9-17-7-3-2-4-8-17/h10,15H,2-9H2,1H3. The second-order valence-corrected chi connectivity index (χ2v) is 7.15. The predicted octanol–water partition coefficient (Wildman–Crippen LogP) is 1.23. The molecular formula is C12H21ClN4O2S. The highest BCUT2D eigenvalue weighted by molar-refractivity contribution is 7.89. The van der Waals surface area contributed by atoms with Crippen LogP contribution in [0.1, 0.15) is 25.7 Å². The van der Waals surface area contributed by atoms with Gasteiger partial charge in [0.15, 0.2) is 0 Å². The Balaban J connectivity index is 1.79. The van der Waals surface area contributed by atoms with Crippen LogP contribution in [-0.2, 0) is 17.1 Å². The summed E-state index contributed by atoms with van der Waals surface area (Å²) in [5.74, 6) is 0. The minimum Gasteiger partial charge on any atom is -0.324 e. The number of hydrogen-bond acceptors (Lipinski definition) is 4. The third kappa shape index (κ3) is 3.94. The van der Waals surface area contributed by atoms with Crippen LogP contribution in [0.25, 0.3) is 0 Å². The summed E-state index contributed by atoms with van der Waals surface area (Å²) >= 11 is 5.90. The molecule has 0 bridgehead atoms. The van der Waals surface area contributed by atoms with Crippen molar-refractivity contribution in [1.82, 2.24) is 19.2 Å². The molecule has 1 aromatic rings. The van der Waals surface area contributed by atoms with Crippen molar-refractivity contribution < 1.29 is 8.42 Å². The van der Waals surface area contributed by atoms with Crippen LogP contribution in [0.3, 0.4) is 0 Å². The lowest BCUT2D eigenvalue weighted by molar-refractivity contribution is 0.227. The summed E-state index contributed by atoms with van der Waals surface area (Å²) in [5.41, 5.74) is 0. The Morgan fingerprint density at radius 3 is 2.65 bits per heavy atom. The Hall–Kier alpha value is -0.630. The summed E-state index contributed by atoms with van der Waals surface area (Å²) in [4.78, 5) is 6.21. The number of nitrogens with one attached hydrogen (secondary N) is 1. The molecule has 0 unspecified atom stereocenters. The molecule has 0 radical (unpaired) electrons. The zero-order valence-corrected chi connectivity index (χ0v) is 13.3. The second kappa shape index (κ2) is 6.89. The van der Waals surface area contributed by atoms with Crippen molar-refractivity contribution in [2.24, 2.45) is 7.05 Å². The van der Waals surface area contributed by atoms with Crippen molar-refractivity contribution in [3.63, 3.8) is 0 Å². The Morgan fingerprint density at radius 2 is 2.05 bits per heavy atom. The molecule has 0 spiro atoms. The zero-order chi connectivity index (χ0) is 14.6. The van der Waals surface area contributed by atoms with Gasteiger partial charge in [0.25, 0.3) is 10.0 Å². The average Bonchev–Trinajstić information content (AvgIpc) is 2.77. The maximum Gasteiger partial charge on any atom is 0.261 e. The average molecular weight is 321 g/mol. The smallest absolute Gasteiger partial charge is 0.261 e. The zero-order valence-electron chi connectivity index (χ0n) is 11.7. The van der Waals surface area contributed by atoms with E-state index in [0.717, 1.165) is 26.1 Å². The topological polar surface area (TPSA) is 67.2 Å². The van der Waals surface area contributed by atoms with E-state index in [1.54, 1.807) is 7.05 Å². The van der Waals surface area contributed by atoms with E-state index in [2.05, 4.69) is 14.6 Å². The van der Waals surface area contributed by atoms with Crippen LogP contribution in [0.5, 0.6) is 0 Å². The van der Waals surface area contributed by atoms with Crippen LogP contribution in [-0.4, -0.2) is 49.0 Å². The van der Waals surface area contributed by atoms with Gasteiger partial charge in [0.05, 0.1) is 6.33 Å². The molecule has 114 valence electrons. The molecule has 2 heterocycles. The highest BCUT2D eigenvalue weighted by Crippen LogP contribution is 2.18. The van der Waals surface area contributed by atoms with Crippen molar-refractivity contribution >= 4 is 21.6 Å². The monoisotopic (exact) mass is 320 g/mol. The Kier molecular flexibility index (Phi) is 5.42. The van der Waals surface area contributed by atoms with Crippen LogP contribution in [0.15, 0.2) is 11.4 Å². The molecule has 1 aromatic heterocycles. The third-order valence-electron chi connectivity index (χ3n) is 3.48. The SMILES string of the molecule is Cn1cnc(S(=O)(=O)NCCCN2CCCCC2)c1Cl. The summed E-state index contributed by atoms with van der Waals surface area (Å²) in [6.45, 7) is 3.59. The summed E-state index contributed by atoms with van der Waals surface area (Å²) in [6.07, 6.45) is 5.99. The lowest BCUT2D eigenvalue weighted by Gasteiger charge is -2.26. The Morgan fingerprint density at radius 1 is 1.35 bits per heavy atom. The summed E-state index contributed by atoms with van der Waals surface area (Å²) in [7, 11) is -1.95. The van der Waals surface area contributed by atoms with E-state index < -0.39 is 10.0 Å². The largest absolute Gasteiger partial charge is 0.324 e. The maximum absolute atomic E-state index is 12.0. The fourth-order valence-corrected chi connectivity index (χ4v) is 3.83. The van der Waals surface area contributed by atoms with Gasteiger partial charge in [-0.2, -0.15) is 0 Å². The first kappa shape index (κ1) is 15.8. The molecule has 0 atom stereocenters. The molecule has 0 aliphatic carbocycles. The van der Waals surface area contributed by atoms with Crippen LogP contribution < -0.4 is 4.72 Å². The van der Waals surface area contributed by atoms with Crippen LogP contribution >= 0.6 is 11.6 Å². The van der Waals surface area contributed by atoms with Gasteiger partial charge in [-0.1, -0.05) is 18.0 Å². The molecule has 6 nitrogen and oxygen atoms in total. The summed E-state index contributed by atoms with van der Waals surface area (Å²) in [5, 5.41) is 0.0353.